The minimum Gasteiger partial charge on any atom is -0.356 e. The van der Waals surface area contributed by atoms with Crippen LogP contribution < -0.4 is 10.3 Å². The topological polar surface area (TPSA) is 31.4 Å². The van der Waals surface area contributed by atoms with E-state index in [9.17, 15) is 26.3 Å². The van der Waals surface area contributed by atoms with E-state index in [1.165, 1.54) is 25.7 Å². The fraction of sp³-hybridized carbons (Fsp3) is 0.577. The van der Waals surface area contributed by atoms with E-state index in [-0.39, 0.29) is 24.7 Å². The van der Waals surface area contributed by atoms with Gasteiger partial charge in [0.25, 0.3) is 0 Å². The van der Waals surface area contributed by atoms with Gasteiger partial charge < -0.3 is 4.90 Å². The molecule has 0 bridgehead atoms. The molecule has 2 aliphatic rings. The first-order chi connectivity index (χ1) is 16.8. The highest BCUT2D eigenvalue weighted by atomic mass is 19.4. The number of hydrazine groups is 1. The molecule has 198 valence electrons. The number of hydrogen-bond acceptors (Lipinski definition) is 4. The van der Waals surface area contributed by atoms with Gasteiger partial charge in [-0.3, -0.25) is 5.43 Å². The Hall–Kier alpha value is -2.33. The molecule has 1 aromatic heterocycles. The van der Waals surface area contributed by atoms with Crippen LogP contribution in [0, 0.1) is 25.7 Å². The molecule has 0 spiro atoms. The second-order valence-corrected chi connectivity index (χ2v) is 10.2. The molecule has 0 unspecified atom stereocenters. The summed E-state index contributed by atoms with van der Waals surface area (Å²) in [4.78, 5) is 7.23. The van der Waals surface area contributed by atoms with Crippen molar-refractivity contribution >= 4 is 5.82 Å². The van der Waals surface area contributed by atoms with E-state index >= 15 is 0 Å². The van der Waals surface area contributed by atoms with Gasteiger partial charge in [0, 0.05) is 37.4 Å². The second-order valence-electron chi connectivity index (χ2n) is 10.2. The van der Waals surface area contributed by atoms with Crippen LogP contribution in [0.2, 0.25) is 0 Å². The second kappa shape index (κ2) is 10.2. The molecular formula is C26H32F6N4. The summed E-state index contributed by atoms with van der Waals surface area (Å²) < 4.78 is 80.0. The molecule has 0 amide bonds. The van der Waals surface area contributed by atoms with Crippen LogP contribution in [-0.4, -0.2) is 30.1 Å². The number of pyridine rings is 1. The Morgan fingerprint density at radius 1 is 0.833 bits per heavy atom. The van der Waals surface area contributed by atoms with Crippen molar-refractivity contribution < 1.29 is 26.3 Å². The SMILES string of the molecule is CNN(Cc1cc(C(F)(F)F)cc(C(F)(F)F)c1)Cc1cc(C)c(C)nc1N(CC1CC1)CC1CC1. The molecule has 2 saturated carbocycles. The Bertz CT molecular complexity index is 1030. The predicted octanol–water partition coefficient (Wildman–Crippen LogP) is 6.50. The molecule has 0 radical (unpaired) electrons. The van der Waals surface area contributed by atoms with Gasteiger partial charge in [-0.1, -0.05) is 0 Å². The van der Waals surface area contributed by atoms with Gasteiger partial charge in [0.1, 0.15) is 5.82 Å². The quantitative estimate of drug-likeness (QED) is 0.290. The van der Waals surface area contributed by atoms with Gasteiger partial charge >= 0.3 is 12.4 Å². The summed E-state index contributed by atoms with van der Waals surface area (Å²) in [6, 6.07) is 3.76. The average Bonchev–Trinajstić information content (AvgIpc) is 3.71. The number of rotatable bonds is 10. The lowest BCUT2D eigenvalue weighted by molar-refractivity contribution is -0.143. The Morgan fingerprint density at radius 3 is 1.81 bits per heavy atom. The van der Waals surface area contributed by atoms with E-state index < -0.39 is 23.5 Å². The number of hydrogen-bond donors (Lipinski definition) is 1. The number of halogens is 6. The van der Waals surface area contributed by atoms with Crippen LogP contribution in [0.25, 0.3) is 0 Å². The molecule has 1 N–H and O–H groups in total. The van der Waals surface area contributed by atoms with Gasteiger partial charge in [-0.05, 0) is 93.8 Å². The molecular weight excluding hydrogens is 482 g/mol. The molecule has 2 aliphatic carbocycles. The zero-order chi connectivity index (χ0) is 26.3. The van der Waals surface area contributed by atoms with E-state index in [1.54, 1.807) is 12.1 Å². The van der Waals surface area contributed by atoms with Crippen molar-refractivity contribution in [2.45, 2.75) is 65.0 Å². The van der Waals surface area contributed by atoms with Crippen LogP contribution in [0.5, 0.6) is 0 Å². The molecule has 0 saturated heterocycles. The highest BCUT2D eigenvalue weighted by Crippen LogP contribution is 2.38. The van der Waals surface area contributed by atoms with Crippen molar-refractivity contribution in [3.63, 3.8) is 0 Å². The largest absolute Gasteiger partial charge is 0.416 e. The molecule has 0 atom stereocenters. The maximum Gasteiger partial charge on any atom is 0.416 e. The van der Waals surface area contributed by atoms with Gasteiger partial charge in [0.2, 0.25) is 0 Å². The molecule has 1 heterocycles. The van der Waals surface area contributed by atoms with Crippen molar-refractivity contribution in [2.24, 2.45) is 11.8 Å². The highest BCUT2D eigenvalue weighted by molar-refractivity contribution is 5.50. The first-order valence-corrected chi connectivity index (χ1v) is 12.3. The summed E-state index contributed by atoms with van der Waals surface area (Å²) in [6.45, 7) is 5.88. The van der Waals surface area contributed by atoms with Crippen molar-refractivity contribution in [1.82, 2.24) is 15.4 Å². The minimum absolute atomic E-state index is 0.0716. The predicted molar refractivity (Wildman–Crippen MR) is 126 cm³/mol. The van der Waals surface area contributed by atoms with Crippen molar-refractivity contribution in [2.75, 3.05) is 25.0 Å². The normalized spacial score (nSPS) is 16.6. The number of alkyl halides is 6. The number of benzene rings is 1. The molecule has 10 heteroatoms. The van der Waals surface area contributed by atoms with Crippen LogP contribution in [0.3, 0.4) is 0 Å². The Morgan fingerprint density at radius 2 is 1.36 bits per heavy atom. The first-order valence-electron chi connectivity index (χ1n) is 12.3. The number of nitrogens with one attached hydrogen (secondary N) is 1. The van der Waals surface area contributed by atoms with Crippen LogP contribution in [0.4, 0.5) is 32.2 Å². The monoisotopic (exact) mass is 514 g/mol. The van der Waals surface area contributed by atoms with Gasteiger partial charge in [-0.15, -0.1) is 0 Å². The Kier molecular flexibility index (Phi) is 7.57. The highest BCUT2D eigenvalue weighted by Gasteiger charge is 2.37. The molecule has 0 aliphatic heterocycles. The van der Waals surface area contributed by atoms with Crippen molar-refractivity contribution in [3.05, 3.63) is 57.8 Å². The number of aryl methyl sites for hydroxylation is 2. The summed E-state index contributed by atoms with van der Waals surface area (Å²) in [5, 5.41) is 1.62. The summed E-state index contributed by atoms with van der Waals surface area (Å²) in [5.41, 5.74) is 3.06. The van der Waals surface area contributed by atoms with Gasteiger partial charge in [0.15, 0.2) is 0 Å². The molecule has 4 nitrogen and oxygen atoms in total. The Balaban J connectivity index is 1.62. The van der Waals surface area contributed by atoms with Gasteiger partial charge in [0.05, 0.1) is 11.1 Å². The molecule has 4 rings (SSSR count). The number of nitrogens with zero attached hydrogens (tertiary/aromatic N) is 3. The van der Waals surface area contributed by atoms with Crippen molar-refractivity contribution in [3.8, 4) is 0 Å². The third-order valence-electron chi connectivity index (χ3n) is 6.87. The summed E-state index contributed by atoms with van der Waals surface area (Å²) in [7, 11) is 1.61. The number of anilines is 1. The van der Waals surface area contributed by atoms with E-state index in [0.717, 1.165) is 47.9 Å². The van der Waals surface area contributed by atoms with Crippen LogP contribution in [0.15, 0.2) is 24.3 Å². The lowest BCUT2D eigenvalue weighted by Crippen LogP contribution is -2.36. The van der Waals surface area contributed by atoms with Gasteiger partial charge in [-0.2, -0.15) is 26.3 Å². The fourth-order valence-corrected chi connectivity index (χ4v) is 4.36. The fourth-order valence-electron chi connectivity index (χ4n) is 4.36. The number of aromatic nitrogens is 1. The van der Waals surface area contributed by atoms with E-state index in [0.29, 0.717) is 11.8 Å². The smallest absolute Gasteiger partial charge is 0.356 e. The molecule has 36 heavy (non-hydrogen) atoms. The van der Waals surface area contributed by atoms with Crippen LogP contribution in [-0.2, 0) is 25.4 Å². The summed E-state index contributed by atoms with van der Waals surface area (Å²) in [5.74, 6) is 2.15. The third kappa shape index (κ3) is 6.91. The van der Waals surface area contributed by atoms with E-state index in [2.05, 4.69) is 10.3 Å². The zero-order valence-corrected chi connectivity index (χ0v) is 20.7. The zero-order valence-electron chi connectivity index (χ0n) is 20.7. The van der Waals surface area contributed by atoms with E-state index in [4.69, 9.17) is 4.98 Å². The van der Waals surface area contributed by atoms with Crippen molar-refractivity contribution in [1.29, 1.82) is 0 Å². The standard InChI is InChI=1S/C26H32F6N4/c1-16-8-21(24(34-17(16)2)35(12-18-4-5-18)13-19-6-7-19)15-36(33-3)14-20-9-22(25(27,28)29)11-23(10-20)26(30,31)32/h8-11,18-19,33H,4-7,12-15H2,1-3H3. The minimum atomic E-state index is -4.88. The lowest BCUT2D eigenvalue weighted by atomic mass is 10.0. The molecule has 1 aromatic carbocycles. The lowest BCUT2D eigenvalue weighted by Gasteiger charge is -2.29. The maximum atomic E-state index is 13.3. The first kappa shape index (κ1) is 26.7. The van der Waals surface area contributed by atoms with E-state index in [1.807, 2.05) is 19.9 Å². The Labute approximate surface area is 207 Å². The third-order valence-corrected chi connectivity index (χ3v) is 6.87. The van der Waals surface area contributed by atoms with Gasteiger partial charge in [-0.25, -0.2) is 9.99 Å². The van der Waals surface area contributed by atoms with Crippen LogP contribution in [0.1, 0.15) is 59.2 Å². The summed E-state index contributed by atoms with van der Waals surface area (Å²) in [6.07, 6.45) is -4.97. The maximum absolute atomic E-state index is 13.3. The molecule has 2 fully saturated rings. The molecule has 2 aromatic rings. The summed E-state index contributed by atoms with van der Waals surface area (Å²) >= 11 is 0. The average molecular weight is 515 g/mol. The van der Waals surface area contributed by atoms with Crippen LogP contribution >= 0.6 is 0 Å².